The summed E-state index contributed by atoms with van der Waals surface area (Å²) in [6.07, 6.45) is 6.53. The molecule has 1 N–H and O–H groups in total. The van der Waals surface area contributed by atoms with Gasteiger partial charge in [0.1, 0.15) is 3.70 Å². The van der Waals surface area contributed by atoms with Gasteiger partial charge < -0.3 is 5.32 Å². The molecule has 1 aromatic rings. The lowest BCUT2D eigenvalue weighted by Gasteiger charge is -1.98. The van der Waals surface area contributed by atoms with Gasteiger partial charge in [-0.05, 0) is 22.6 Å². The molecule has 0 radical (unpaired) electrons. The molecule has 0 spiro atoms. The van der Waals surface area contributed by atoms with Crippen molar-refractivity contribution in [3.8, 4) is 12.3 Å². The number of carbonyl (C=O) groups excluding carboxylic acids is 1. The first-order valence-corrected chi connectivity index (χ1v) is 4.64. The Balaban J connectivity index is 2.78. The van der Waals surface area contributed by atoms with Crippen LogP contribution in [0.5, 0.6) is 0 Å². The molecule has 13 heavy (non-hydrogen) atoms. The van der Waals surface area contributed by atoms with Gasteiger partial charge in [0.2, 0.25) is 0 Å². The average molecular weight is 289 g/mol. The summed E-state index contributed by atoms with van der Waals surface area (Å²) in [6.45, 7) is 0.240. The molecule has 1 rings (SSSR count). The Labute approximate surface area is 89.8 Å². The molecule has 1 heterocycles. The minimum Gasteiger partial charge on any atom is -0.341 e. The van der Waals surface area contributed by atoms with Crippen LogP contribution in [0.4, 0.5) is 0 Å². The normalized spacial score (nSPS) is 9.31. The van der Waals surface area contributed by atoms with Crippen LogP contribution in [0.3, 0.4) is 0 Å². The lowest BCUT2D eigenvalue weighted by Crippen LogP contribution is -2.23. The fourth-order valence-corrected chi connectivity index (χ4v) is 1.31. The lowest BCUT2D eigenvalue weighted by atomic mass is 10.3. The van der Waals surface area contributed by atoms with Crippen LogP contribution in [0.25, 0.3) is 0 Å². The van der Waals surface area contributed by atoms with E-state index in [1.807, 2.05) is 0 Å². The van der Waals surface area contributed by atoms with Gasteiger partial charge in [0.05, 0.1) is 18.3 Å². The molecule has 0 aromatic carbocycles. The number of halogens is 1. The van der Waals surface area contributed by atoms with E-state index in [1.165, 1.54) is 6.20 Å². The number of hydrogen-bond acceptors (Lipinski definition) is 2. The molecule has 0 fully saturated rings. The molecule has 0 aliphatic heterocycles. The molecule has 0 atom stereocenters. The lowest BCUT2D eigenvalue weighted by molar-refractivity contribution is 0.0957. The minimum atomic E-state index is -0.185. The molecule has 0 unspecified atom stereocenters. The maximum absolute atomic E-state index is 11.4. The molecule has 1 aromatic heterocycles. The first-order chi connectivity index (χ1) is 6.16. The highest BCUT2D eigenvalue weighted by Crippen LogP contribution is 2.09. The van der Waals surface area contributed by atoms with Crippen molar-refractivity contribution < 1.29 is 4.79 Å². The first-order valence-electron chi connectivity index (χ1n) is 3.56. The van der Waals surface area contributed by atoms with Crippen molar-refractivity contribution in [2.24, 2.45) is 7.05 Å². The third-order valence-electron chi connectivity index (χ3n) is 1.46. The number of nitrogens with one attached hydrogen (secondary N) is 1. The second-order valence-electron chi connectivity index (χ2n) is 2.36. The van der Waals surface area contributed by atoms with Gasteiger partial charge in [-0.3, -0.25) is 9.48 Å². The predicted molar refractivity (Wildman–Crippen MR) is 57.1 cm³/mol. The Bertz CT molecular complexity index is 364. The zero-order valence-corrected chi connectivity index (χ0v) is 9.20. The standard InChI is InChI=1S/C8H8IN3O/c1-3-4-10-8(13)6-5-11-12(2)7(6)9/h1,5H,4H2,2H3,(H,10,13). The van der Waals surface area contributed by atoms with E-state index in [0.29, 0.717) is 5.56 Å². The molecule has 0 aliphatic carbocycles. The Kier molecular flexibility index (Phi) is 3.31. The van der Waals surface area contributed by atoms with Gasteiger partial charge in [0, 0.05) is 7.05 Å². The fraction of sp³-hybridized carbons (Fsp3) is 0.250. The summed E-state index contributed by atoms with van der Waals surface area (Å²) in [4.78, 5) is 11.4. The predicted octanol–water partition coefficient (Wildman–Crippen LogP) is 0.388. The fourth-order valence-electron chi connectivity index (χ4n) is 0.801. The second kappa shape index (κ2) is 4.28. The van der Waals surface area contributed by atoms with Gasteiger partial charge >= 0.3 is 0 Å². The van der Waals surface area contributed by atoms with Gasteiger partial charge in [0.25, 0.3) is 5.91 Å². The number of carbonyl (C=O) groups is 1. The van der Waals surface area contributed by atoms with Crippen molar-refractivity contribution in [3.63, 3.8) is 0 Å². The summed E-state index contributed by atoms with van der Waals surface area (Å²) >= 11 is 2.06. The Hall–Kier alpha value is -1.03. The number of amides is 1. The van der Waals surface area contributed by atoms with Crippen LogP contribution in [0.2, 0.25) is 0 Å². The van der Waals surface area contributed by atoms with E-state index in [9.17, 15) is 4.79 Å². The molecule has 1 amide bonds. The highest BCUT2D eigenvalue weighted by atomic mass is 127. The van der Waals surface area contributed by atoms with Gasteiger partial charge in [-0.15, -0.1) is 6.42 Å². The van der Waals surface area contributed by atoms with Crippen LogP contribution in [-0.2, 0) is 7.05 Å². The molecule has 68 valence electrons. The SMILES string of the molecule is C#CCNC(=O)c1cnn(C)c1I. The van der Waals surface area contributed by atoms with E-state index in [-0.39, 0.29) is 12.5 Å². The van der Waals surface area contributed by atoms with E-state index in [2.05, 4.69) is 38.9 Å². The number of terminal acetylenes is 1. The van der Waals surface area contributed by atoms with E-state index >= 15 is 0 Å². The topological polar surface area (TPSA) is 46.9 Å². The third-order valence-corrected chi connectivity index (χ3v) is 2.74. The zero-order valence-electron chi connectivity index (χ0n) is 7.04. The van der Waals surface area contributed by atoms with Crippen molar-refractivity contribution in [2.45, 2.75) is 0 Å². The van der Waals surface area contributed by atoms with Crippen LogP contribution in [0.1, 0.15) is 10.4 Å². The number of rotatable bonds is 2. The number of hydrogen-bond donors (Lipinski definition) is 1. The summed E-state index contributed by atoms with van der Waals surface area (Å²) in [5.41, 5.74) is 0.554. The van der Waals surface area contributed by atoms with Gasteiger partial charge in [-0.2, -0.15) is 5.10 Å². The van der Waals surface area contributed by atoms with E-state index in [1.54, 1.807) is 11.7 Å². The highest BCUT2D eigenvalue weighted by molar-refractivity contribution is 14.1. The van der Waals surface area contributed by atoms with Crippen LogP contribution >= 0.6 is 22.6 Å². The largest absolute Gasteiger partial charge is 0.341 e. The summed E-state index contributed by atoms with van der Waals surface area (Å²) in [6, 6.07) is 0. The quantitative estimate of drug-likeness (QED) is 0.632. The maximum Gasteiger partial charge on any atom is 0.256 e. The van der Waals surface area contributed by atoms with Crippen molar-refractivity contribution in [1.29, 1.82) is 0 Å². The average Bonchev–Trinajstić information content (AvgIpc) is 2.44. The molecular formula is C8H8IN3O. The Morgan fingerprint density at radius 2 is 2.62 bits per heavy atom. The highest BCUT2D eigenvalue weighted by Gasteiger charge is 2.12. The zero-order chi connectivity index (χ0) is 9.84. The monoisotopic (exact) mass is 289 g/mol. The molecular weight excluding hydrogens is 281 g/mol. The Morgan fingerprint density at radius 1 is 1.92 bits per heavy atom. The van der Waals surface area contributed by atoms with Crippen LogP contribution in [0.15, 0.2) is 6.20 Å². The van der Waals surface area contributed by atoms with E-state index in [0.717, 1.165) is 3.70 Å². The molecule has 5 heteroatoms. The third kappa shape index (κ3) is 2.21. The molecule has 4 nitrogen and oxygen atoms in total. The molecule has 0 bridgehead atoms. The first kappa shape index (κ1) is 10.1. The van der Waals surface area contributed by atoms with E-state index < -0.39 is 0 Å². The molecule has 0 saturated carbocycles. The van der Waals surface area contributed by atoms with Gasteiger partial charge in [0.15, 0.2) is 0 Å². The number of nitrogens with zero attached hydrogens (tertiary/aromatic N) is 2. The summed E-state index contributed by atoms with van der Waals surface area (Å²) in [5, 5.41) is 6.51. The van der Waals surface area contributed by atoms with Crippen molar-refractivity contribution in [2.75, 3.05) is 6.54 Å². The molecule has 0 saturated heterocycles. The summed E-state index contributed by atoms with van der Waals surface area (Å²) < 4.78 is 2.43. The summed E-state index contributed by atoms with van der Waals surface area (Å²) in [7, 11) is 1.78. The minimum absolute atomic E-state index is 0.185. The summed E-state index contributed by atoms with van der Waals surface area (Å²) in [5.74, 6) is 2.15. The van der Waals surface area contributed by atoms with Crippen LogP contribution in [-0.4, -0.2) is 22.2 Å². The number of aryl methyl sites for hydroxylation is 1. The van der Waals surface area contributed by atoms with Gasteiger partial charge in [-0.25, -0.2) is 0 Å². The van der Waals surface area contributed by atoms with Crippen molar-refractivity contribution in [3.05, 3.63) is 15.5 Å². The van der Waals surface area contributed by atoms with Crippen molar-refractivity contribution in [1.82, 2.24) is 15.1 Å². The smallest absolute Gasteiger partial charge is 0.256 e. The van der Waals surface area contributed by atoms with Gasteiger partial charge in [-0.1, -0.05) is 5.92 Å². The maximum atomic E-state index is 11.4. The Morgan fingerprint density at radius 3 is 3.08 bits per heavy atom. The van der Waals surface area contributed by atoms with E-state index in [4.69, 9.17) is 6.42 Å². The second-order valence-corrected chi connectivity index (χ2v) is 3.38. The number of aromatic nitrogens is 2. The van der Waals surface area contributed by atoms with Crippen LogP contribution < -0.4 is 5.32 Å². The van der Waals surface area contributed by atoms with Crippen molar-refractivity contribution >= 4 is 28.5 Å². The molecule has 0 aliphatic rings. The van der Waals surface area contributed by atoms with Crippen LogP contribution in [0, 0.1) is 16.0 Å².